The third-order valence-corrected chi connectivity index (χ3v) is 1.51. The molecule has 0 bridgehead atoms. The summed E-state index contributed by atoms with van der Waals surface area (Å²) in [6.45, 7) is 2.10. The number of halogens is 3. The molecule has 1 nitrogen and oxygen atoms in total. The van der Waals surface area contributed by atoms with Gasteiger partial charge in [0.2, 0.25) is 0 Å². The Bertz CT molecular complexity index is 303. The van der Waals surface area contributed by atoms with Gasteiger partial charge in [0.25, 0.3) is 0 Å². The van der Waals surface area contributed by atoms with E-state index in [1.54, 1.807) is 30.3 Å². The molecule has 0 aromatic heterocycles. The SMILES string of the molecule is C=C(OCC(F)(F)F)c1ccccc1. The summed E-state index contributed by atoms with van der Waals surface area (Å²) in [6.07, 6.45) is -4.32. The van der Waals surface area contributed by atoms with Crippen molar-refractivity contribution in [2.45, 2.75) is 6.18 Å². The lowest BCUT2D eigenvalue weighted by Gasteiger charge is -2.10. The molecule has 14 heavy (non-hydrogen) atoms. The summed E-state index contributed by atoms with van der Waals surface area (Å²) in [5, 5.41) is 0. The van der Waals surface area contributed by atoms with E-state index in [4.69, 9.17) is 0 Å². The normalized spacial score (nSPS) is 11.1. The molecule has 1 aromatic rings. The Morgan fingerprint density at radius 2 is 1.79 bits per heavy atom. The average molecular weight is 202 g/mol. The molecular weight excluding hydrogens is 193 g/mol. The lowest BCUT2D eigenvalue weighted by molar-refractivity contribution is -0.158. The van der Waals surface area contributed by atoms with Crippen molar-refractivity contribution in [2.24, 2.45) is 0 Å². The summed E-state index contributed by atoms with van der Waals surface area (Å²) < 4.78 is 39.8. The van der Waals surface area contributed by atoms with Crippen molar-refractivity contribution in [3.8, 4) is 0 Å². The molecule has 76 valence electrons. The van der Waals surface area contributed by atoms with Crippen molar-refractivity contribution < 1.29 is 17.9 Å². The number of benzene rings is 1. The number of hydrogen-bond donors (Lipinski definition) is 0. The second-order valence-corrected chi connectivity index (χ2v) is 2.69. The Hall–Kier alpha value is -1.45. The van der Waals surface area contributed by atoms with Crippen LogP contribution in [-0.2, 0) is 4.74 Å². The second kappa shape index (κ2) is 4.17. The van der Waals surface area contributed by atoms with Crippen molar-refractivity contribution >= 4 is 5.76 Å². The quantitative estimate of drug-likeness (QED) is 0.683. The molecule has 0 amide bonds. The highest BCUT2D eigenvalue weighted by Gasteiger charge is 2.28. The number of hydrogen-bond acceptors (Lipinski definition) is 1. The Morgan fingerprint density at radius 3 is 2.29 bits per heavy atom. The molecule has 0 saturated carbocycles. The van der Waals surface area contributed by atoms with E-state index in [2.05, 4.69) is 11.3 Å². The average Bonchev–Trinajstić information content (AvgIpc) is 2.14. The van der Waals surface area contributed by atoms with Gasteiger partial charge in [-0.3, -0.25) is 0 Å². The first-order valence-corrected chi connectivity index (χ1v) is 3.93. The zero-order valence-corrected chi connectivity index (χ0v) is 7.34. The highest BCUT2D eigenvalue weighted by atomic mass is 19.4. The van der Waals surface area contributed by atoms with E-state index in [0.29, 0.717) is 5.56 Å². The van der Waals surface area contributed by atoms with E-state index in [-0.39, 0.29) is 5.76 Å². The van der Waals surface area contributed by atoms with E-state index in [1.165, 1.54) is 0 Å². The summed E-state index contributed by atoms with van der Waals surface area (Å²) in [6, 6.07) is 8.45. The number of rotatable bonds is 3. The van der Waals surface area contributed by atoms with Crippen LogP contribution in [0, 0.1) is 0 Å². The fourth-order valence-electron chi connectivity index (χ4n) is 0.876. The van der Waals surface area contributed by atoms with Crippen LogP contribution in [0.25, 0.3) is 5.76 Å². The van der Waals surface area contributed by atoms with Crippen molar-refractivity contribution in [1.82, 2.24) is 0 Å². The van der Waals surface area contributed by atoms with Gasteiger partial charge in [0.05, 0.1) is 0 Å². The van der Waals surface area contributed by atoms with Crippen LogP contribution < -0.4 is 0 Å². The third-order valence-electron chi connectivity index (χ3n) is 1.51. The Morgan fingerprint density at radius 1 is 1.21 bits per heavy atom. The molecule has 0 N–H and O–H groups in total. The van der Waals surface area contributed by atoms with Gasteiger partial charge in [-0.1, -0.05) is 36.9 Å². The van der Waals surface area contributed by atoms with Gasteiger partial charge in [0.1, 0.15) is 5.76 Å². The molecular formula is C10H9F3O. The summed E-state index contributed by atoms with van der Waals surface area (Å²) in [5.74, 6) is 0.0305. The van der Waals surface area contributed by atoms with Crippen LogP contribution in [0.2, 0.25) is 0 Å². The zero-order valence-electron chi connectivity index (χ0n) is 7.34. The Labute approximate surface area is 79.8 Å². The van der Waals surface area contributed by atoms with Crippen molar-refractivity contribution in [1.29, 1.82) is 0 Å². The molecule has 0 spiro atoms. The van der Waals surface area contributed by atoms with E-state index in [0.717, 1.165) is 0 Å². The molecule has 0 saturated heterocycles. The van der Waals surface area contributed by atoms with E-state index < -0.39 is 12.8 Å². The van der Waals surface area contributed by atoms with Gasteiger partial charge in [-0.05, 0) is 0 Å². The Balaban J connectivity index is 2.52. The maximum Gasteiger partial charge on any atom is 0.422 e. The van der Waals surface area contributed by atoms with Gasteiger partial charge in [-0.25, -0.2) is 0 Å². The van der Waals surface area contributed by atoms with Crippen molar-refractivity contribution in [2.75, 3.05) is 6.61 Å². The van der Waals surface area contributed by atoms with E-state index >= 15 is 0 Å². The fourth-order valence-corrected chi connectivity index (χ4v) is 0.876. The summed E-state index contributed by atoms with van der Waals surface area (Å²) >= 11 is 0. The minimum absolute atomic E-state index is 0.0305. The first-order chi connectivity index (χ1) is 6.49. The molecule has 0 unspecified atom stereocenters. The lowest BCUT2D eigenvalue weighted by Crippen LogP contribution is -2.16. The van der Waals surface area contributed by atoms with E-state index in [1.807, 2.05) is 0 Å². The van der Waals surface area contributed by atoms with Gasteiger partial charge in [-0.15, -0.1) is 0 Å². The Kier molecular flexibility index (Phi) is 3.17. The van der Waals surface area contributed by atoms with Crippen LogP contribution in [0.15, 0.2) is 36.9 Å². The summed E-state index contributed by atoms with van der Waals surface area (Å²) in [4.78, 5) is 0. The highest BCUT2D eigenvalue weighted by molar-refractivity contribution is 5.56. The molecule has 0 aliphatic rings. The van der Waals surface area contributed by atoms with Crippen molar-refractivity contribution in [3.05, 3.63) is 42.5 Å². The minimum Gasteiger partial charge on any atom is -0.484 e. The monoisotopic (exact) mass is 202 g/mol. The van der Waals surface area contributed by atoms with Crippen LogP contribution in [0.4, 0.5) is 13.2 Å². The molecule has 1 aromatic carbocycles. The molecule has 0 aliphatic carbocycles. The van der Waals surface area contributed by atoms with Crippen molar-refractivity contribution in [3.63, 3.8) is 0 Å². The minimum atomic E-state index is -4.32. The lowest BCUT2D eigenvalue weighted by atomic mass is 10.2. The predicted molar refractivity (Wildman–Crippen MR) is 47.5 cm³/mol. The molecule has 0 heterocycles. The van der Waals surface area contributed by atoms with Crippen LogP contribution in [-0.4, -0.2) is 12.8 Å². The predicted octanol–water partition coefficient (Wildman–Crippen LogP) is 3.24. The number of ether oxygens (including phenoxy) is 1. The molecule has 1 rings (SSSR count). The smallest absolute Gasteiger partial charge is 0.422 e. The van der Waals surface area contributed by atoms with Crippen LogP contribution in [0.3, 0.4) is 0 Å². The van der Waals surface area contributed by atoms with Gasteiger partial charge in [0, 0.05) is 5.56 Å². The molecule has 4 heteroatoms. The second-order valence-electron chi connectivity index (χ2n) is 2.69. The highest BCUT2D eigenvalue weighted by Crippen LogP contribution is 2.19. The fraction of sp³-hybridized carbons (Fsp3) is 0.200. The maximum absolute atomic E-state index is 11.8. The zero-order chi connectivity index (χ0) is 10.6. The summed E-state index contributed by atoms with van der Waals surface area (Å²) in [5.41, 5.74) is 0.553. The van der Waals surface area contributed by atoms with Crippen LogP contribution in [0.1, 0.15) is 5.56 Å². The van der Waals surface area contributed by atoms with Gasteiger partial charge >= 0.3 is 6.18 Å². The van der Waals surface area contributed by atoms with Gasteiger partial charge < -0.3 is 4.74 Å². The maximum atomic E-state index is 11.8. The van der Waals surface area contributed by atoms with Crippen LogP contribution >= 0.6 is 0 Å². The molecule has 0 aliphatic heterocycles. The standard InChI is InChI=1S/C10H9F3O/c1-8(14-7-10(11,12)13)9-5-3-2-4-6-9/h2-6H,1,7H2. The summed E-state index contributed by atoms with van der Waals surface area (Å²) in [7, 11) is 0. The first-order valence-electron chi connectivity index (χ1n) is 3.93. The van der Waals surface area contributed by atoms with Crippen LogP contribution in [0.5, 0.6) is 0 Å². The molecule has 0 atom stereocenters. The van der Waals surface area contributed by atoms with Gasteiger partial charge in [-0.2, -0.15) is 13.2 Å². The number of alkyl halides is 3. The first kappa shape index (κ1) is 10.6. The van der Waals surface area contributed by atoms with Gasteiger partial charge in [0.15, 0.2) is 6.61 Å². The largest absolute Gasteiger partial charge is 0.484 e. The topological polar surface area (TPSA) is 9.23 Å². The third kappa shape index (κ3) is 3.51. The molecule has 0 fully saturated rings. The molecule has 0 radical (unpaired) electrons. The van der Waals surface area contributed by atoms with E-state index in [9.17, 15) is 13.2 Å².